The minimum absolute atomic E-state index is 0.461. The molecule has 2 aromatic heterocycles. The molecule has 0 radical (unpaired) electrons. The van der Waals surface area contributed by atoms with Crippen molar-refractivity contribution in [2.45, 2.75) is 19.3 Å². The molecule has 2 heterocycles. The molecule has 1 aliphatic rings. The predicted octanol–water partition coefficient (Wildman–Crippen LogP) is 24.1. The number of rotatable bonds is 8. The molecule has 434 valence electrons. The van der Waals surface area contributed by atoms with E-state index in [9.17, 15) is 0 Å². The summed E-state index contributed by atoms with van der Waals surface area (Å²) in [5, 5.41) is 19.8. The van der Waals surface area contributed by atoms with Gasteiger partial charge in [-0.15, -0.1) is 0 Å². The second kappa shape index (κ2) is 20.5. The number of hydrogen-bond donors (Lipinski definition) is 0. The van der Waals surface area contributed by atoms with E-state index >= 15 is 0 Å². The summed E-state index contributed by atoms with van der Waals surface area (Å²) in [5.41, 5.74) is 18.4. The Labute approximate surface area is 538 Å². The van der Waals surface area contributed by atoms with Crippen LogP contribution in [0.4, 0.5) is 17.1 Å². The Morgan fingerprint density at radius 1 is 0.312 bits per heavy atom. The first-order chi connectivity index (χ1) is 45.9. The zero-order chi connectivity index (χ0) is 61.5. The minimum Gasteiger partial charge on any atom is -0.310 e. The first-order valence-corrected chi connectivity index (χ1v) is 32.2. The van der Waals surface area contributed by atoms with Crippen molar-refractivity contribution in [3.05, 3.63) is 327 Å². The Morgan fingerprint density at radius 3 is 1.33 bits per heavy atom. The smallest absolute Gasteiger partial charge is 0.160 e. The van der Waals surface area contributed by atoms with E-state index in [1.165, 1.54) is 120 Å². The van der Waals surface area contributed by atoms with Gasteiger partial charge in [0.25, 0.3) is 0 Å². The van der Waals surface area contributed by atoms with Crippen LogP contribution in [0.25, 0.3) is 159 Å². The van der Waals surface area contributed by atoms with Gasteiger partial charge in [-0.25, -0.2) is 9.97 Å². The maximum Gasteiger partial charge on any atom is 0.160 e. The fourth-order valence-corrected chi connectivity index (χ4v) is 15.9. The molecule has 0 spiro atoms. The molecular formula is C89H58N4. The van der Waals surface area contributed by atoms with Crippen LogP contribution in [0.2, 0.25) is 0 Å². The summed E-state index contributed by atoms with van der Waals surface area (Å²) >= 11 is 0. The van der Waals surface area contributed by atoms with Crippen LogP contribution in [0.5, 0.6) is 0 Å². The highest BCUT2D eigenvalue weighted by Crippen LogP contribution is 2.59. The molecule has 0 N–H and O–H groups in total. The van der Waals surface area contributed by atoms with Crippen LogP contribution in [0, 0.1) is 0 Å². The quantitative estimate of drug-likeness (QED) is 0.142. The molecule has 16 aromatic carbocycles. The first-order valence-electron chi connectivity index (χ1n) is 32.2. The average Bonchev–Trinajstić information content (AvgIpc) is 1.52. The molecule has 19 rings (SSSR count). The monoisotopic (exact) mass is 1180 g/mol. The molecular weight excluding hydrogens is 1130 g/mol. The average molecular weight is 1180 g/mol. The van der Waals surface area contributed by atoms with Gasteiger partial charge in [0, 0.05) is 55.3 Å². The van der Waals surface area contributed by atoms with E-state index in [0.29, 0.717) is 5.82 Å². The highest BCUT2D eigenvalue weighted by Gasteiger charge is 2.41. The van der Waals surface area contributed by atoms with Crippen LogP contribution in [0.3, 0.4) is 0 Å². The minimum atomic E-state index is -0.461. The number of hydrogen-bond acceptors (Lipinski definition) is 3. The molecule has 4 nitrogen and oxygen atoms in total. The molecule has 0 bridgehead atoms. The van der Waals surface area contributed by atoms with Gasteiger partial charge in [0.1, 0.15) is 0 Å². The van der Waals surface area contributed by atoms with Crippen molar-refractivity contribution in [2.75, 3.05) is 4.90 Å². The topological polar surface area (TPSA) is 34.0 Å². The van der Waals surface area contributed by atoms with Crippen molar-refractivity contribution < 1.29 is 0 Å². The third-order valence-electron chi connectivity index (χ3n) is 20.1. The number of fused-ring (bicyclic) bond motifs is 22. The van der Waals surface area contributed by atoms with Crippen molar-refractivity contribution in [2.24, 2.45) is 0 Å². The molecule has 0 unspecified atom stereocenters. The van der Waals surface area contributed by atoms with Gasteiger partial charge in [0.15, 0.2) is 5.82 Å². The van der Waals surface area contributed by atoms with Crippen LogP contribution in [0.1, 0.15) is 25.0 Å². The first kappa shape index (κ1) is 52.9. The Bertz CT molecular complexity index is 6020. The van der Waals surface area contributed by atoms with E-state index in [-0.39, 0.29) is 0 Å². The van der Waals surface area contributed by atoms with Gasteiger partial charge in [0.2, 0.25) is 0 Å². The molecule has 93 heavy (non-hydrogen) atoms. The van der Waals surface area contributed by atoms with Gasteiger partial charge in [-0.05, 0) is 170 Å². The molecule has 0 atom stereocenters. The molecule has 18 aromatic rings. The van der Waals surface area contributed by atoms with Gasteiger partial charge in [-0.3, -0.25) is 0 Å². The second-order valence-electron chi connectivity index (χ2n) is 25.5. The summed E-state index contributed by atoms with van der Waals surface area (Å²) in [6, 6.07) is 116. The van der Waals surface area contributed by atoms with Crippen LogP contribution in [0.15, 0.2) is 315 Å². The van der Waals surface area contributed by atoms with Gasteiger partial charge < -0.3 is 9.47 Å². The van der Waals surface area contributed by atoms with Crippen molar-refractivity contribution in [3.8, 4) is 61.8 Å². The summed E-state index contributed by atoms with van der Waals surface area (Å²) in [6.45, 7) is 4.93. The summed E-state index contributed by atoms with van der Waals surface area (Å²) < 4.78 is 2.58. The lowest BCUT2D eigenvalue weighted by molar-refractivity contribution is 0.665. The summed E-state index contributed by atoms with van der Waals surface area (Å²) in [7, 11) is 0. The fourth-order valence-electron chi connectivity index (χ4n) is 15.9. The maximum absolute atomic E-state index is 5.41. The number of anilines is 3. The molecule has 4 heteroatoms. The van der Waals surface area contributed by atoms with Crippen LogP contribution >= 0.6 is 0 Å². The van der Waals surface area contributed by atoms with Crippen molar-refractivity contribution >= 4 is 114 Å². The Balaban J connectivity index is 0.921. The van der Waals surface area contributed by atoms with E-state index in [4.69, 9.17) is 9.97 Å². The van der Waals surface area contributed by atoms with Crippen molar-refractivity contribution in [1.29, 1.82) is 0 Å². The number of benzene rings is 16. The fraction of sp³-hybridized carbons (Fsp3) is 0.0337. The van der Waals surface area contributed by atoms with Gasteiger partial charge >= 0.3 is 0 Å². The highest BCUT2D eigenvalue weighted by atomic mass is 15.1. The lowest BCUT2D eigenvalue weighted by Crippen LogP contribution is -2.17. The van der Waals surface area contributed by atoms with E-state index in [1.54, 1.807) is 0 Å². The summed E-state index contributed by atoms with van der Waals surface area (Å²) in [6.07, 6.45) is 0. The van der Waals surface area contributed by atoms with Crippen LogP contribution < -0.4 is 4.90 Å². The van der Waals surface area contributed by atoms with Crippen LogP contribution in [-0.2, 0) is 5.41 Å². The van der Waals surface area contributed by atoms with E-state index in [0.717, 1.165) is 61.7 Å². The molecule has 0 saturated heterocycles. The zero-order valence-corrected chi connectivity index (χ0v) is 51.3. The summed E-state index contributed by atoms with van der Waals surface area (Å²) in [5.74, 6) is 0.666. The lowest BCUT2D eigenvalue weighted by Gasteiger charge is -2.28. The third kappa shape index (κ3) is 8.05. The molecule has 1 aliphatic carbocycles. The Morgan fingerprint density at radius 2 is 0.753 bits per heavy atom. The Hall–Kier alpha value is -12.0. The normalized spacial score (nSPS) is 12.7. The van der Waals surface area contributed by atoms with Crippen molar-refractivity contribution in [1.82, 2.24) is 14.5 Å². The highest BCUT2D eigenvalue weighted by molar-refractivity contribution is 6.32. The van der Waals surface area contributed by atoms with E-state index < -0.39 is 5.41 Å². The maximum atomic E-state index is 5.41. The predicted molar refractivity (Wildman–Crippen MR) is 393 cm³/mol. The largest absolute Gasteiger partial charge is 0.310 e. The van der Waals surface area contributed by atoms with Gasteiger partial charge in [-0.1, -0.05) is 263 Å². The van der Waals surface area contributed by atoms with Gasteiger partial charge in [-0.2, -0.15) is 0 Å². The molecule has 0 fully saturated rings. The van der Waals surface area contributed by atoms with Crippen LogP contribution in [-0.4, -0.2) is 14.5 Å². The standard InChI is InChI=1S/C89H58N4/c1-89(2)78-53-75-69-38-17-14-33-64(69)63-32-13-16-37-68(63)74(75)52-76(78)84-72-40-20-21-41-73(72)85-77-51-62(92(60-46-44-56(45-47-60)55-24-6-3-7-25-55)82-43-23-42-71-67-35-15-12-34-65(67)66-36-18-19-39-70(66)83(71)82)48-49-81(77)93(87(85)86(84)89)61-31-22-30-59(50-61)88-90-79(57-26-8-4-9-27-57)54-80(91-88)58-28-10-5-11-29-58/h3-54H,1-2H3. The SMILES string of the molecule is CC1(C)c2cc3c4ccccc4c4ccccc4c3cc2-c2c1c1c(c3ccccc23)c2cc(N(c3ccc(-c4ccccc4)cc3)c3cccc4c5ccccc5c5ccccc5c34)ccc2n1-c1cccc(-c2nc(-c3ccccc3)cc(-c3ccccc3)n2)c1. The second-order valence-corrected chi connectivity index (χ2v) is 25.5. The zero-order valence-electron chi connectivity index (χ0n) is 51.3. The number of nitrogens with zero attached hydrogens (tertiary/aromatic N) is 4. The van der Waals surface area contributed by atoms with Crippen molar-refractivity contribution in [3.63, 3.8) is 0 Å². The van der Waals surface area contributed by atoms with E-state index in [1.807, 2.05) is 0 Å². The molecule has 0 aliphatic heterocycles. The molecule has 0 amide bonds. The van der Waals surface area contributed by atoms with E-state index in [2.05, 4.69) is 339 Å². The Kier molecular flexibility index (Phi) is 11.7. The third-order valence-corrected chi connectivity index (χ3v) is 20.1. The number of aromatic nitrogens is 3. The molecule has 0 saturated carbocycles. The lowest BCUT2D eigenvalue weighted by atomic mass is 9.79. The summed E-state index contributed by atoms with van der Waals surface area (Å²) in [4.78, 5) is 13.3. The van der Waals surface area contributed by atoms with Gasteiger partial charge in [0.05, 0.1) is 28.1 Å².